The molecule has 2 rings (SSSR count). The molecule has 1 saturated heterocycles. The first-order valence-electron chi connectivity index (χ1n) is 6.45. The largest absolute Gasteiger partial charge is 0.134 e. The molecule has 0 nitrogen and oxygen atoms in total. The van der Waals surface area contributed by atoms with Crippen molar-refractivity contribution in [3.05, 3.63) is 34.3 Å². The van der Waals surface area contributed by atoms with Gasteiger partial charge in [0.25, 0.3) is 0 Å². The Hall–Kier alpha value is -0.0400. The molecule has 0 bridgehead atoms. The highest BCUT2D eigenvalue weighted by atomic mass is 79.9. The van der Waals surface area contributed by atoms with Crippen LogP contribution in [0.15, 0.2) is 28.7 Å². The van der Waals surface area contributed by atoms with E-state index in [0.29, 0.717) is 10.00 Å². The van der Waals surface area contributed by atoms with E-state index in [2.05, 4.69) is 60.7 Å². The van der Waals surface area contributed by atoms with Gasteiger partial charge in [-0.2, -0.15) is 0 Å². The number of halogens is 1. The summed E-state index contributed by atoms with van der Waals surface area (Å²) in [5.41, 5.74) is 1.52. The molecule has 0 aliphatic carbocycles. The van der Waals surface area contributed by atoms with Gasteiger partial charge in [0.15, 0.2) is 0 Å². The molecule has 1 heterocycles. The molecule has 0 saturated carbocycles. The van der Waals surface area contributed by atoms with E-state index in [-0.39, 0.29) is 0 Å². The fourth-order valence-electron chi connectivity index (χ4n) is 1.76. The zero-order chi connectivity index (χ0) is 13.9. The van der Waals surface area contributed by atoms with Gasteiger partial charge in [0.05, 0.1) is 0 Å². The third kappa shape index (κ3) is 4.77. The molecule has 0 spiro atoms. The summed E-state index contributed by atoms with van der Waals surface area (Å²) in [6, 6.07) is 8.21. The number of rotatable bonds is 0. The Morgan fingerprint density at radius 2 is 1.68 bits per heavy atom. The van der Waals surface area contributed by atoms with Crippen LogP contribution in [0.2, 0.25) is 0 Å². The third-order valence-corrected chi connectivity index (χ3v) is 6.68. The molecule has 1 fully saturated rings. The van der Waals surface area contributed by atoms with Gasteiger partial charge in [-0.25, -0.2) is 0 Å². The summed E-state index contributed by atoms with van der Waals surface area (Å²) < 4.78 is 1.54. The Morgan fingerprint density at radius 1 is 1.11 bits per heavy atom. The third-order valence-electron chi connectivity index (χ3n) is 3.30. The molecule has 0 radical (unpaired) electrons. The molecular formula is C16H19BrS2. The summed E-state index contributed by atoms with van der Waals surface area (Å²) in [5, 5.41) is 0. The van der Waals surface area contributed by atoms with Gasteiger partial charge in [0, 0.05) is 10.0 Å². The lowest BCUT2D eigenvalue weighted by Crippen LogP contribution is -2.29. The predicted octanol–water partition coefficient (Wildman–Crippen LogP) is 5.27. The molecule has 0 amide bonds. The monoisotopic (exact) mass is 354 g/mol. The highest BCUT2D eigenvalue weighted by Gasteiger charge is 2.29. The average Bonchev–Trinajstić information content (AvgIpc) is 2.37. The van der Waals surface area contributed by atoms with E-state index in [9.17, 15) is 0 Å². The number of hydrogen-bond acceptors (Lipinski definition) is 2. The molecule has 1 aromatic rings. The first-order chi connectivity index (χ1) is 8.95. The molecule has 19 heavy (non-hydrogen) atoms. The van der Waals surface area contributed by atoms with Gasteiger partial charge in [-0.1, -0.05) is 48.5 Å². The second-order valence-corrected chi connectivity index (χ2v) is 9.33. The standard InChI is InChI=1S/C16H19BrS2/c1-16(2,3)13-10-18-15(19-11-13)9-6-12-4-7-14(17)8-5-12/h4-5,7-8,13,15H,10-11H2,1-3H3. The second kappa shape index (κ2) is 6.61. The average molecular weight is 355 g/mol. The molecule has 102 valence electrons. The van der Waals surface area contributed by atoms with Crippen molar-refractivity contribution in [1.29, 1.82) is 0 Å². The SMILES string of the molecule is CC(C)(C)C1CSC(C#Cc2ccc(Br)cc2)SC1. The van der Waals surface area contributed by atoms with E-state index < -0.39 is 0 Å². The number of hydrogen-bond donors (Lipinski definition) is 0. The van der Waals surface area contributed by atoms with Crippen LogP contribution in [0.4, 0.5) is 0 Å². The van der Waals surface area contributed by atoms with Gasteiger partial charge < -0.3 is 0 Å². The van der Waals surface area contributed by atoms with Crippen molar-refractivity contribution in [1.82, 2.24) is 0 Å². The summed E-state index contributed by atoms with van der Waals surface area (Å²) in [5.74, 6) is 9.94. The minimum atomic E-state index is 0.421. The van der Waals surface area contributed by atoms with Crippen LogP contribution >= 0.6 is 39.5 Å². The van der Waals surface area contributed by atoms with Crippen molar-refractivity contribution in [2.45, 2.75) is 25.4 Å². The quantitative estimate of drug-likeness (QED) is 0.582. The lowest BCUT2D eigenvalue weighted by molar-refractivity contribution is 0.293. The lowest BCUT2D eigenvalue weighted by Gasteiger charge is -2.34. The molecule has 3 heteroatoms. The van der Waals surface area contributed by atoms with Crippen LogP contribution in [0.3, 0.4) is 0 Å². The normalized spacial score (nSPS) is 23.6. The number of benzene rings is 1. The number of thioether (sulfide) groups is 2. The van der Waals surface area contributed by atoms with Crippen LogP contribution in [-0.4, -0.2) is 16.1 Å². The van der Waals surface area contributed by atoms with Crippen molar-refractivity contribution in [3.8, 4) is 11.8 Å². The van der Waals surface area contributed by atoms with Gasteiger partial charge in [0.2, 0.25) is 0 Å². The molecule has 1 aliphatic heterocycles. The van der Waals surface area contributed by atoms with Gasteiger partial charge in [0.1, 0.15) is 4.58 Å². The zero-order valence-corrected chi connectivity index (χ0v) is 14.8. The summed E-state index contributed by atoms with van der Waals surface area (Å²) in [4.78, 5) is 0. The Kier molecular flexibility index (Phi) is 5.34. The molecular weight excluding hydrogens is 336 g/mol. The first-order valence-corrected chi connectivity index (χ1v) is 9.34. The molecule has 1 aromatic carbocycles. The Labute approximate surface area is 133 Å². The minimum absolute atomic E-state index is 0.421. The predicted molar refractivity (Wildman–Crippen MR) is 92.7 cm³/mol. The van der Waals surface area contributed by atoms with E-state index in [1.54, 1.807) is 0 Å². The van der Waals surface area contributed by atoms with Crippen molar-refractivity contribution in [2.75, 3.05) is 11.5 Å². The van der Waals surface area contributed by atoms with Crippen molar-refractivity contribution >= 4 is 39.5 Å². The van der Waals surface area contributed by atoms with Crippen LogP contribution in [0.25, 0.3) is 0 Å². The highest BCUT2D eigenvalue weighted by Crippen LogP contribution is 2.40. The van der Waals surface area contributed by atoms with Crippen LogP contribution < -0.4 is 0 Å². The van der Waals surface area contributed by atoms with Gasteiger partial charge in [-0.15, -0.1) is 23.5 Å². The smallest absolute Gasteiger partial charge is 0.111 e. The summed E-state index contributed by atoms with van der Waals surface area (Å²) in [6.07, 6.45) is 0. The summed E-state index contributed by atoms with van der Waals surface area (Å²) >= 11 is 7.44. The van der Waals surface area contributed by atoms with Crippen LogP contribution in [0, 0.1) is 23.2 Å². The molecule has 0 unspecified atom stereocenters. The van der Waals surface area contributed by atoms with Gasteiger partial charge in [-0.05, 0) is 47.1 Å². The van der Waals surface area contributed by atoms with Gasteiger partial charge >= 0.3 is 0 Å². The summed E-state index contributed by atoms with van der Waals surface area (Å²) in [7, 11) is 0. The lowest BCUT2D eigenvalue weighted by atomic mass is 9.83. The van der Waals surface area contributed by atoms with Gasteiger partial charge in [-0.3, -0.25) is 0 Å². The Morgan fingerprint density at radius 3 is 2.21 bits per heavy atom. The van der Waals surface area contributed by atoms with E-state index >= 15 is 0 Å². The van der Waals surface area contributed by atoms with E-state index in [1.165, 1.54) is 11.5 Å². The fourth-order valence-corrected chi connectivity index (χ4v) is 5.37. The van der Waals surface area contributed by atoms with Crippen LogP contribution in [0.5, 0.6) is 0 Å². The molecule has 1 aliphatic rings. The van der Waals surface area contributed by atoms with E-state index in [0.717, 1.165) is 16.0 Å². The minimum Gasteiger partial charge on any atom is -0.134 e. The Balaban J connectivity index is 1.91. The molecule has 0 aromatic heterocycles. The molecule has 0 atom stereocenters. The molecule has 0 N–H and O–H groups in total. The maximum atomic E-state index is 3.44. The maximum Gasteiger partial charge on any atom is 0.111 e. The highest BCUT2D eigenvalue weighted by molar-refractivity contribution is 9.10. The van der Waals surface area contributed by atoms with E-state index in [4.69, 9.17) is 0 Å². The topological polar surface area (TPSA) is 0 Å². The first kappa shape index (κ1) is 15.4. The van der Waals surface area contributed by atoms with Crippen LogP contribution in [-0.2, 0) is 0 Å². The zero-order valence-electron chi connectivity index (χ0n) is 11.6. The van der Waals surface area contributed by atoms with E-state index in [1.807, 2.05) is 35.7 Å². The Bertz CT molecular complexity index is 468. The van der Waals surface area contributed by atoms with Crippen LogP contribution in [0.1, 0.15) is 26.3 Å². The van der Waals surface area contributed by atoms with Crippen molar-refractivity contribution in [2.24, 2.45) is 11.3 Å². The van der Waals surface area contributed by atoms with Crippen molar-refractivity contribution < 1.29 is 0 Å². The summed E-state index contributed by atoms with van der Waals surface area (Å²) in [6.45, 7) is 7.02. The fraction of sp³-hybridized carbons (Fsp3) is 0.500. The van der Waals surface area contributed by atoms with Crippen molar-refractivity contribution in [3.63, 3.8) is 0 Å². The maximum absolute atomic E-state index is 3.44. The second-order valence-electron chi connectivity index (χ2n) is 5.84.